The predicted octanol–water partition coefficient (Wildman–Crippen LogP) is 4.91. The number of rotatable bonds is 2. The number of halogens is 1. The molecule has 98 valence electrons. The molecule has 0 bridgehead atoms. The SMILES string of the molecule is Cc1cc(C)cc(C(=O)c2cc(C)c(Br)c(C)c2)c1. The molecule has 0 aliphatic heterocycles. The summed E-state index contributed by atoms with van der Waals surface area (Å²) in [5.74, 6) is 0.0884. The van der Waals surface area contributed by atoms with Crippen LogP contribution in [0.3, 0.4) is 0 Å². The van der Waals surface area contributed by atoms with Crippen LogP contribution in [0.5, 0.6) is 0 Å². The summed E-state index contributed by atoms with van der Waals surface area (Å²) in [7, 11) is 0. The van der Waals surface area contributed by atoms with Crippen molar-refractivity contribution in [2.24, 2.45) is 0 Å². The standard InChI is InChI=1S/C17H17BrO/c1-10-5-11(2)7-14(6-10)17(19)15-8-12(3)16(18)13(4)9-15/h5-9H,1-4H3. The van der Waals surface area contributed by atoms with Crippen molar-refractivity contribution in [3.63, 3.8) is 0 Å². The lowest BCUT2D eigenvalue weighted by Crippen LogP contribution is -2.03. The second kappa shape index (κ2) is 5.30. The number of aryl methyl sites for hydroxylation is 4. The summed E-state index contributed by atoms with van der Waals surface area (Å²) in [5, 5.41) is 0. The van der Waals surface area contributed by atoms with Gasteiger partial charge in [-0.05, 0) is 63.1 Å². The molecule has 19 heavy (non-hydrogen) atoms. The second-order valence-electron chi connectivity index (χ2n) is 5.13. The summed E-state index contributed by atoms with van der Waals surface area (Å²) in [5.41, 5.74) is 5.94. The molecule has 0 spiro atoms. The smallest absolute Gasteiger partial charge is 0.193 e. The molecular formula is C17H17BrO. The van der Waals surface area contributed by atoms with E-state index < -0.39 is 0 Å². The molecule has 0 saturated carbocycles. The van der Waals surface area contributed by atoms with Crippen LogP contribution in [0.25, 0.3) is 0 Å². The number of benzene rings is 2. The Morgan fingerprint density at radius 1 is 0.789 bits per heavy atom. The molecule has 0 fully saturated rings. The average Bonchev–Trinajstić information content (AvgIpc) is 2.33. The molecule has 1 nitrogen and oxygen atoms in total. The van der Waals surface area contributed by atoms with Crippen molar-refractivity contribution in [2.45, 2.75) is 27.7 Å². The lowest BCUT2D eigenvalue weighted by atomic mass is 9.97. The summed E-state index contributed by atoms with van der Waals surface area (Å²) in [4.78, 5) is 12.6. The van der Waals surface area contributed by atoms with Crippen LogP contribution >= 0.6 is 15.9 Å². The van der Waals surface area contributed by atoms with Crippen LogP contribution in [0, 0.1) is 27.7 Å². The second-order valence-corrected chi connectivity index (χ2v) is 5.92. The first kappa shape index (κ1) is 14.0. The Bertz CT molecular complexity index is 613. The van der Waals surface area contributed by atoms with Gasteiger partial charge in [-0.15, -0.1) is 0 Å². The van der Waals surface area contributed by atoms with Gasteiger partial charge in [0.05, 0.1) is 0 Å². The molecule has 2 heteroatoms. The third kappa shape index (κ3) is 2.95. The minimum atomic E-state index is 0.0884. The summed E-state index contributed by atoms with van der Waals surface area (Å²) >= 11 is 3.53. The van der Waals surface area contributed by atoms with Crippen molar-refractivity contribution in [2.75, 3.05) is 0 Å². The summed E-state index contributed by atoms with van der Waals surface area (Å²) in [6.45, 7) is 8.05. The molecule has 2 rings (SSSR count). The van der Waals surface area contributed by atoms with Gasteiger partial charge in [0.1, 0.15) is 0 Å². The molecule has 0 aliphatic carbocycles. The number of hydrogen-bond acceptors (Lipinski definition) is 1. The first-order chi connectivity index (χ1) is 8.88. The van der Waals surface area contributed by atoms with Crippen molar-refractivity contribution in [3.8, 4) is 0 Å². The molecule has 0 aliphatic rings. The van der Waals surface area contributed by atoms with Crippen LogP contribution in [-0.4, -0.2) is 5.78 Å². The van der Waals surface area contributed by atoms with Gasteiger partial charge in [0.2, 0.25) is 0 Å². The summed E-state index contributed by atoms with van der Waals surface area (Å²) in [6, 6.07) is 9.85. The van der Waals surface area contributed by atoms with Gasteiger partial charge in [-0.3, -0.25) is 4.79 Å². The van der Waals surface area contributed by atoms with Crippen molar-refractivity contribution in [1.29, 1.82) is 0 Å². The number of carbonyl (C=O) groups excluding carboxylic acids is 1. The Balaban J connectivity index is 2.50. The normalized spacial score (nSPS) is 10.6. The Morgan fingerprint density at radius 3 is 1.68 bits per heavy atom. The molecule has 0 amide bonds. The van der Waals surface area contributed by atoms with E-state index in [1.807, 2.05) is 52.0 Å². The van der Waals surface area contributed by atoms with Crippen LogP contribution in [0.2, 0.25) is 0 Å². The van der Waals surface area contributed by atoms with Gasteiger partial charge >= 0.3 is 0 Å². The molecular weight excluding hydrogens is 300 g/mol. The molecule has 0 saturated heterocycles. The van der Waals surface area contributed by atoms with Gasteiger partial charge in [-0.2, -0.15) is 0 Å². The number of carbonyl (C=O) groups is 1. The fourth-order valence-electron chi connectivity index (χ4n) is 2.35. The Hall–Kier alpha value is -1.41. The van der Waals surface area contributed by atoms with Crippen LogP contribution in [0.4, 0.5) is 0 Å². The van der Waals surface area contributed by atoms with Crippen molar-refractivity contribution < 1.29 is 4.79 Å². The van der Waals surface area contributed by atoms with E-state index >= 15 is 0 Å². The first-order valence-corrected chi connectivity index (χ1v) is 7.07. The third-order valence-corrected chi connectivity index (χ3v) is 4.43. The molecule has 0 aromatic heterocycles. The maximum absolute atomic E-state index is 12.6. The van der Waals surface area contributed by atoms with E-state index in [0.29, 0.717) is 0 Å². The third-order valence-electron chi connectivity index (χ3n) is 3.18. The van der Waals surface area contributed by atoms with Crippen LogP contribution in [0.15, 0.2) is 34.8 Å². The van der Waals surface area contributed by atoms with Crippen LogP contribution in [-0.2, 0) is 0 Å². The fourth-order valence-corrected chi connectivity index (χ4v) is 2.58. The monoisotopic (exact) mass is 316 g/mol. The Kier molecular flexibility index (Phi) is 3.91. The Labute approximate surface area is 122 Å². The lowest BCUT2D eigenvalue weighted by molar-refractivity contribution is 0.103. The highest BCUT2D eigenvalue weighted by molar-refractivity contribution is 9.10. The zero-order valence-electron chi connectivity index (χ0n) is 11.7. The van der Waals surface area contributed by atoms with Crippen LogP contribution < -0.4 is 0 Å². The van der Waals surface area contributed by atoms with E-state index in [1.165, 1.54) is 0 Å². The molecule has 0 heterocycles. The highest BCUT2D eigenvalue weighted by Gasteiger charge is 2.12. The predicted molar refractivity (Wildman–Crippen MR) is 83.0 cm³/mol. The topological polar surface area (TPSA) is 17.1 Å². The lowest BCUT2D eigenvalue weighted by Gasteiger charge is -2.08. The fraction of sp³-hybridized carbons (Fsp3) is 0.235. The highest BCUT2D eigenvalue weighted by atomic mass is 79.9. The van der Waals surface area contributed by atoms with E-state index in [-0.39, 0.29) is 5.78 Å². The molecule has 2 aromatic carbocycles. The van der Waals surface area contributed by atoms with Crippen LogP contribution in [0.1, 0.15) is 38.2 Å². The average molecular weight is 317 g/mol. The number of hydrogen-bond donors (Lipinski definition) is 0. The van der Waals surface area contributed by atoms with E-state index in [1.54, 1.807) is 0 Å². The van der Waals surface area contributed by atoms with E-state index in [9.17, 15) is 4.79 Å². The van der Waals surface area contributed by atoms with Crippen molar-refractivity contribution in [1.82, 2.24) is 0 Å². The van der Waals surface area contributed by atoms with E-state index in [4.69, 9.17) is 0 Å². The molecule has 0 N–H and O–H groups in total. The summed E-state index contributed by atoms with van der Waals surface area (Å²) < 4.78 is 1.07. The molecule has 0 radical (unpaired) electrons. The maximum atomic E-state index is 12.6. The van der Waals surface area contributed by atoms with Gasteiger partial charge in [0.25, 0.3) is 0 Å². The van der Waals surface area contributed by atoms with Gasteiger partial charge in [-0.25, -0.2) is 0 Å². The zero-order chi connectivity index (χ0) is 14.2. The zero-order valence-corrected chi connectivity index (χ0v) is 13.3. The molecule has 0 atom stereocenters. The van der Waals surface area contributed by atoms with Gasteiger partial charge in [0, 0.05) is 15.6 Å². The highest BCUT2D eigenvalue weighted by Crippen LogP contribution is 2.24. The number of ketones is 1. The van der Waals surface area contributed by atoms with Crippen molar-refractivity contribution >= 4 is 21.7 Å². The minimum Gasteiger partial charge on any atom is -0.289 e. The van der Waals surface area contributed by atoms with E-state index in [0.717, 1.165) is 37.9 Å². The van der Waals surface area contributed by atoms with Gasteiger partial charge < -0.3 is 0 Å². The quantitative estimate of drug-likeness (QED) is 0.719. The summed E-state index contributed by atoms with van der Waals surface area (Å²) in [6.07, 6.45) is 0. The largest absolute Gasteiger partial charge is 0.289 e. The maximum Gasteiger partial charge on any atom is 0.193 e. The van der Waals surface area contributed by atoms with Gasteiger partial charge in [0.15, 0.2) is 5.78 Å². The molecule has 2 aromatic rings. The Morgan fingerprint density at radius 2 is 1.21 bits per heavy atom. The van der Waals surface area contributed by atoms with Gasteiger partial charge in [-0.1, -0.05) is 33.1 Å². The molecule has 0 unspecified atom stereocenters. The van der Waals surface area contributed by atoms with Crippen molar-refractivity contribution in [3.05, 3.63) is 68.2 Å². The minimum absolute atomic E-state index is 0.0884. The first-order valence-electron chi connectivity index (χ1n) is 6.28. The van der Waals surface area contributed by atoms with E-state index in [2.05, 4.69) is 22.0 Å².